The SMILES string of the molecule is CC1(C)C=Cc2cccc(O)c21. The number of rotatable bonds is 0. The molecule has 0 unspecified atom stereocenters. The van der Waals surface area contributed by atoms with E-state index in [4.69, 9.17) is 0 Å². The fraction of sp³-hybridized carbons (Fsp3) is 0.273. The van der Waals surface area contributed by atoms with Crippen molar-refractivity contribution in [1.29, 1.82) is 0 Å². The van der Waals surface area contributed by atoms with Gasteiger partial charge < -0.3 is 5.11 Å². The number of hydrogen-bond donors (Lipinski definition) is 1. The number of fused-ring (bicyclic) bond motifs is 1. The smallest absolute Gasteiger partial charge is 0.120 e. The van der Waals surface area contributed by atoms with Crippen molar-refractivity contribution in [2.75, 3.05) is 0 Å². The Morgan fingerprint density at radius 3 is 2.67 bits per heavy atom. The molecule has 2 rings (SSSR count). The van der Waals surface area contributed by atoms with Crippen LogP contribution in [0.2, 0.25) is 0 Å². The number of hydrogen-bond acceptors (Lipinski definition) is 1. The van der Waals surface area contributed by atoms with Crippen molar-refractivity contribution in [2.45, 2.75) is 19.3 Å². The van der Waals surface area contributed by atoms with Crippen molar-refractivity contribution >= 4 is 6.08 Å². The van der Waals surface area contributed by atoms with Crippen LogP contribution in [0.3, 0.4) is 0 Å². The van der Waals surface area contributed by atoms with Gasteiger partial charge in [-0.1, -0.05) is 38.1 Å². The number of benzene rings is 1. The topological polar surface area (TPSA) is 20.2 Å². The first-order valence-corrected chi connectivity index (χ1v) is 4.13. The summed E-state index contributed by atoms with van der Waals surface area (Å²) in [6, 6.07) is 5.65. The molecule has 0 atom stereocenters. The molecule has 0 saturated carbocycles. The van der Waals surface area contributed by atoms with E-state index >= 15 is 0 Å². The van der Waals surface area contributed by atoms with E-state index in [1.807, 2.05) is 12.1 Å². The van der Waals surface area contributed by atoms with Crippen molar-refractivity contribution in [3.05, 3.63) is 35.4 Å². The molecule has 1 aromatic carbocycles. The Morgan fingerprint density at radius 2 is 2.00 bits per heavy atom. The fourth-order valence-electron chi connectivity index (χ4n) is 1.78. The fourth-order valence-corrected chi connectivity index (χ4v) is 1.78. The zero-order valence-electron chi connectivity index (χ0n) is 7.33. The molecule has 1 N–H and O–H groups in total. The van der Waals surface area contributed by atoms with Gasteiger partial charge in [-0.2, -0.15) is 0 Å². The summed E-state index contributed by atoms with van der Waals surface area (Å²) >= 11 is 0. The molecule has 0 heterocycles. The van der Waals surface area contributed by atoms with Crippen molar-refractivity contribution in [2.24, 2.45) is 0 Å². The van der Waals surface area contributed by atoms with Gasteiger partial charge in [-0.15, -0.1) is 0 Å². The maximum absolute atomic E-state index is 9.63. The summed E-state index contributed by atoms with van der Waals surface area (Å²) in [5.41, 5.74) is 2.17. The third-order valence-corrected chi connectivity index (χ3v) is 2.40. The van der Waals surface area contributed by atoms with E-state index in [9.17, 15) is 5.11 Å². The number of phenolic OH excluding ortho intramolecular Hbond substituents is 1. The second kappa shape index (κ2) is 2.13. The summed E-state index contributed by atoms with van der Waals surface area (Å²) in [5.74, 6) is 0.405. The van der Waals surface area contributed by atoms with Gasteiger partial charge in [0.05, 0.1) is 0 Å². The molecule has 0 saturated heterocycles. The van der Waals surface area contributed by atoms with E-state index in [-0.39, 0.29) is 5.41 Å². The summed E-state index contributed by atoms with van der Waals surface area (Å²) in [5, 5.41) is 9.63. The molecule has 0 spiro atoms. The Bertz CT molecular complexity index is 348. The van der Waals surface area contributed by atoms with Gasteiger partial charge in [0.1, 0.15) is 5.75 Å². The largest absolute Gasteiger partial charge is 0.508 e. The van der Waals surface area contributed by atoms with Gasteiger partial charge in [0.25, 0.3) is 0 Å². The van der Waals surface area contributed by atoms with Gasteiger partial charge in [0.15, 0.2) is 0 Å². The Hall–Kier alpha value is -1.24. The first-order valence-electron chi connectivity index (χ1n) is 4.13. The monoisotopic (exact) mass is 160 g/mol. The molecule has 1 aromatic rings. The molecule has 1 heteroatoms. The van der Waals surface area contributed by atoms with E-state index in [0.29, 0.717) is 5.75 Å². The van der Waals surface area contributed by atoms with Crippen LogP contribution < -0.4 is 0 Å². The van der Waals surface area contributed by atoms with Crippen molar-refractivity contribution < 1.29 is 5.11 Å². The number of allylic oxidation sites excluding steroid dienone is 1. The van der Waals surface area contributed by atoms with Gasteiger partial charge in [-0.3, -0.25) is 0 Å². The minimum Gasteiger partial charge on any atom is -0.508 e. The molecule has 1 aliphatic rings. The first-order chi connectivity index (χ1) is 5.61. The van der Waals surface area contributed by atoms with Gasteiger partial charge >= 0.3 is 0 Å². The Kier molecular flexibility index (Phi) is 1.31. The summed E-state index contributed by atoms with van der Waals surface area (Å²) in [4.78, 5) is 0. The molecular formula is C11H12O. The van der Waals surface area contributed by atoms with Crippen LogP contribution >= 0.6 is 0 Å². The van der Waals surface area contributed by atoms with Gasteiger partial charge in [0, 0.05) is 11.0 Å². The van der Waals surface area contributed by atoms with Crippen molar-refractivity contribution in [3.8, 4) is 5.75 Å². The molecule has 0 amide bonds. The van der Waals surface area contributed by atoms with Crippen LogP contribution in [0.15, 0.2) is 24.3 Å². The maximum atomic E-state index is 9.63. The predicted octanol–water partition coefficient (Wildman–Crippen LogP) is 2.70. The van der Waals surface area contributed by atoms with E-state index in [1.165, 1.54) is 0 Å². The van der Waals surface area contributed by atoms with Gasteiger partial charge in [-0.25, -0.2) is 0 Å². The van der Waals surface area contributed by atoms with Gasteiger partial charge in [0.2, 0.25) is 0 Å². The standard InChI is InChI=1S/C11H12O/c1-11(2)7-6-8-4-3-5-9(12)10(8)11/h3-7,12H,1-2H3. The summed E-state index contributed by atoms with van der Waals surface area (Å²) < 4.78 is 0. The molecule has 0 bridgehead atoms. The lowest BCUT2D eigenvalue weighted by Crippen LogP contribution is -2.10. The second-order valence-corrected chi connectivity index (χ2v) is 3.80. The molecule has 0 fully saturated rings. The lowest BCUT2D eigenvalue weighted by Gasteiger charge is -2.18. The Labute approximate surface area is 72.4 Å². The summed E-state index contributed by atoms with van der Waals surface area (Å²) in [6.07, 6.45) is 4.19. The van der Waals surface area contributed by atoms with E-state index in [2.05, 4.69) is 26.0 Å². The third kappa shape index (κ3) is 0.860. The molecule has 62 valence electrons. The molecule has 12 heavy (non-hydrogen) atoms. The van der Waals surface area contributed by atoms with Crippen molar-refractivity contribution in [1.82, 2.24) is 0 Å². The predicted molar refractivity (Wildman–Crippen MR) is 50.2 cm³/mol. The molecule has 0 radical (unpaired) electrons. The lowest BCUT2D eigenvalue weighted by atomic mass is 9.86. The highest BCUT2D eigenvalue weighted by molar-refractivity contribution is 5.68. The highest BCUT2D eigenvalue weighted by atomic mass is 16.3. The van der Waals surface area contributed by atoms with Gasteiger partial charge in [-0.05, 0) is 11.6 Å². The first kappa shape index (κ1) is 7.41. The van der Waals surface area contributed by atoms with Crippen molar-refractivity contribution in [3.63, 3.8) is 0 Å². The van der Waals surface area contributed by atoms with Crippen LogP contribution in [0.5, 0.6) is 5.75 Å². The lowest BCUT2D eigenvalue weighted by molar-refractivity contribution is 0.457. The average Bonchev–Trinajstić information content (AvgIpc) is 2.29. The Morgan fingerprint density at radius 1 is 1.25 bits per heavy atom. The quantitative estimate of drug-likeness (QED) is 0.618. The van der Waals surface area contributed by atoms with Crippen LogP contribution in [0.1, 0.15) is 25.0 Å². The summed E-state index contributed by atoms with van der Waals surface area (Å²) in [6.45, 7) is 4.21. The van der Waals surface area contributed by atoms with E-state index < -0.39 is 0 Å². The third-order valence-electron chi connectivity index (χ3n) is 2.40. The second-order valence-electron chi connectivity index (χ2n) is 3.80. The Balaban J connectivity index is 2.70. The van der Waals surface area contributed by atoms with Crippen LogP contribution in [-0.2, 0) is 5.41 Å². The molecule has 0 aliphatic heterocycles. The highest BCUT2D eigenvalue weighted by Gasteiger charge is 2.27. The molecule has 1 nitrogen and oxygen atoms in total. The summed E-state index contributed by atoms with van der Waals surface area (Å²) in [7, 11) is 0. The zero-order valence-corrected chi connectivity index (χ0v) is 7.33. The minimum absolute atomic E-state index is 0.0132. The molecular weight excluding hydrogens is 148 g/mol. The van der Waals surface area contributed by atoms with Crippen LogP contribution in [0.25, 0.3) is 6.08 Å². The van der Waals surface area contributed by atoms with E-state index in [1.54, 1.807) is 6.07 Å². The highest BCUT2D eigenvalue weighted by Crippen LogP contribution is 2.40. The van der Waals surface area contributed by atoms with Crippen LogP contribution in [0, 0.1) is 0 Å². The number of phenols is 1. The normalized spacial score (nSPS) is 17.8. The molecule has 0 aromatic heterocycles. The average molecular weight is 160 g/mol. The van der Waals surface area contributed by atoms with Crippen LogP contribution in [-0.4, -0.2) is 5.11 Å². The molecule has 1 aliphatic carbocycles. The number of aromatic hydroxyl groups is 1. The van der Waals surface area contributed by atoms with E-state index in [0.717, 1.165) is 11.1 Å². The van der Waals surface area contributed by atoms with Crippen LogP contribution in [0.4, 0.5) is 0 Å². The zero-order chi connectivity index (χ0) is 8.77. The minimum atomic E-state index is -0.0132. The maximum Gasteiger partial charge on any atom is 0.120 e.